The van der Waals surface area contributed by atoms with Crippen molar-refractivity contribution in [2.45, 2.75) is 59.1 Å². The van der Waals surface area contributed by atoms with E-state index >= 15 is 0 Å². The summed E-state index contributed by atoms with van der Waals surface area (Å²) < 4.78 is 61.7. The Hall–Kier alpha value is -2.57. The molecule has 1 unspecified atom stereocenters. The van der Waals surface area contributed by atoms with Gasteiger partial charge in [-0.1, -0.05) is 32.0 Å². The Morgan fingerprint density at radius 1 is 1.09 bits per heavy atom. The minimum Gasteiger partial charge on any atom is -0.493 e. The number of hydrogen-bond donors (Lipinski definition) is 1. The maximum atomic E-state index is 14.3. The van der Waals surface area contributed by atoms with Crippen LogP contribution >= 0.6 is 0 Å². The van der Waals surface area contributed by atoms with Gasteiger partial charge >= 0.3 is 6.18 Å². The van der Waals surface area contributed by atoms with Crippen molar-refractivity contribution < 1.29 is 27.1 Å². The van der Waals surface area contributed by atoms with Crippen LogP contribution in [0.15, 0.2) is 36.4 Å². The molecule has 2 rings (SSSR count). The quantitative estimate of drug-likeness (QED) is 0.338. The first-order valence-electron chi connectivity index (χ1n) is 10.6. The summed E-state index contributed by atoms with van der Waals surface area (Å²) in [6.45, 7) is 7.87. The van der Waals surface area contributed by atoms with Gasteiger partial charge in [0, 0.05) is 7.05 Å². The van der Waals surface area contributed by atoms with Gasteiger partial charge in [-0.3, -0.25) is 4.79 Å². The molecule has 0 bridgehead atoms. The largest absolute Gasteiger partial charge is 0.493 e. The number of alkyl halides is 3. The first kappa shape index (κ1) is 25.7. The molecule has 1 amide bonds. The lowest BCUT2D eigenvalue weighted by molar-refractivity contribution is -0.157. The van der Waals surface area contributed by atoms with Crippen LogP contribution in [-0.4, -0.2) is 25.7 Å². The van der Waals surface area contributed by atoms with Crippen LogP contribution in [0.3, 0.4) is 0 Å². The average molecular weight is 454 g/mol. The maximum absolute atomic E-state index is 14.3. The topological polar surface area (TPSA) is 38.3 Å². The molecule has 2 aromatic rings. The molecule has 0 aliphatic carbocycles. The second-order valence-corrected chi connectivity index (χ2v) is 9.00. The molecule has 3 nitrogen and oxygen atoms in total. The zero-order chi connectivity index (χ0) is 24.1. The van der Waals surface area contributed by atoms with Gasteiger partial charge in [-0.2, -0.15) is 13.2 Å². The lowest BCUT2D eigenvalue weighted by Crippen LogP contribution is -2.28. The third-order valence-electron chi connectivity index (χ3n) is 5.62. The molecule has 0 spiro atoms. The van der Waals surface area contributed by atoms with Crippen LogP contribution in [0.1, 0.15) is 66.1 Å². The van der Waals surface area contributed by atoms with Gasteiger partial charge in [-0.25, -0.2) is 4.39 Å². The Morgan fingerprint density at radius 2 is 1.78 bits per heavy atom. The van der Waals surface area contributed by atoms with Crippen LogP contribution in [-0.2, 0) is 0 Å². The zero-order valence-electron chi connectivity index (χ0n) is 19.2. The van der Waals surface area contributed by atoms with E-state index in [0.717, 1.165) is 29.0 Å². The molecule has 0 radical (unpaired) electrons. The van der Waals surface area contributed by atoms with E-state index < -0.39 is 29.2 Å². The molecule has 1 atom stereocenters. The molecule has 2 aromatic carbocycles. The minimum atomic E-state index is -4.53. The highest BCUT2D eigenvalue weighted by Gasteiger charge is 2.43. The number of benzene rings is 2. The number of nitrogens with one attached hydrogen (secondary N) is 1. The minimum absolute atomic E-state index is 0.178. The van der Waals surface area contributed by atoms with E-state index in [1.807, 2.05) is 32.0 Å². The Morgan fingerprint density at radius 3 is 2.38 bits per heavy atom. The number of halogens is 4. The molecule has 0 saturated heterocycles. The molecule has 1 N–H and O–H groups in total. The number of rotatable bonds is 9. The Labute approximate surface area is 187 Å². The third-order valence-corrected chi connectivity index (χ3v) is 5.62. The average Bonchev–Trinajstić information content (AvgIpc) is 2.70. The molecule has 0 aliphatic heterocycles. The van der Waals surface area contributed by atoms with Gasteiger partial charge in [-0.05, 0) is 73.4 Å². The Kier molecular flexibility index (Phi) is 8.32. The van der Waals surface area contributed by atoms with E-state index in [2.05, 4.69) is 5.32 Å². The van der Waals surface area contributed by atoms with E-state index in [1.165, 1.54) is 13.1 Å². The maximum Gasteiger partial charge on any atom is 0.395 e. The van der Waals surface area contributed by atoms with Crippen molar-refractivity contribution in [1.29, 1.82) is 0 Å². The van der Waals surface area contributed by atoms with E-state index in [4.69, 9.17) is 4.74 Å². The SMILES string of the molecule is CNC(=O)c1ccc(C(CC(C)(C)CCCOc2cc(C)ccc2C)C(F)(F)F)cc1F. The van der Waals surface area contributed by atoms with Crippen molar-refractivity contribution in [3.8, 4) is 5.75 Å². The number of amides is 1. The normalized spacial score (nSPS) is 13.0. The van der Waals surface area contributed by atoms with Crippen molar-refractivity contribution in [2.24, 2.45) is 5.41 Å². The van der Waals surface area contributed by atoms with Crippen molar-refractivity contribution in [3.63, 3.8) is 0 Å². The van der Waals surface area contributed by atoms with Crippen LogP contribution in [0.25, 0.3) is 0 Å². The van der Waals surface area contributed by atoms with Crippen LogP contribution in [0.5, 0.6) is 5.75 Å². The fourth-order valence-electron chi connectivity index (χ4n) is 3.74. The zero-order valence-corrected chi connectivity index (χ0v) is 19.2. The lowest BCUT2D eigenvalue weighted by atomic mass is 9.76. The summed E-state index contributed by atoms with van der Waals surface area (Å²) in [5.74, 6) is -2.69. The van der Waals surface area contributed by atoms with E-state index in [1.54, 1.807) is 13.8 Å². The van der Waals surface area contributed by atoms with Crippen molar-refractivity contribution in [1.82, 2.24) is 5.32 Å². The van der Waals surface area contributed by atoms with Gasteiger partial charge < -0.3 is 10.1 Å². The molecule has 32 heavy (non-hydrogen) atoms. The molecule has 0 fully saturated rings. The van der Waals surface area contributed by atoms with Gasteiger partial charge in [0.05, 0.1) is 18.1 Å². The summed E-state index contributed by atoms with van der Waals surface area (Å²) >= 11 is 0. The fourth-order valence-corrected chi connectivity index (χ4v) is 3.74. The van der Waals surface area contributed by atoms with Gasteiger partial charge in [0.1, 0.15) is 11.6 Å². The molecular formula is C25H31F4NO2. The summed E-state index contributed by atoms with van der Waals surface area (Å²) in [5, 5.41) is 2.27. The summed E-state index contributed by atoms with van der Waals surface area (Å²) in [5.41, 5.74) is 0.978. The first-order valence-corrected chi connectivity index (χ1v) is 10.6. The van der Waals surface area contributed by atoms with Gasteiger partial charge in [-0.15, -0.1) is 0 Å². The predicted octanol–water partition coefficient (Wildman–Crippen LogP) is 6.72. The second kappa shape index (κ2) is 10.4. The summed E-state index contributed by atoms with van der Waals surface area (Å²) in [4.78, 5) is 11.6. The highest BCUT2D eigenvalue weighted by molar-refractivity contribution is 5.94. The smallest absolute Gasteiger partial charge is 0.395 e. The second-order valence-electron chi connectivity index (χ2n) is 9.00. The van der Waals surface area contributed by atoms with Crippen LogP contribution in [0.2, 0.25) is 0 Å². The van der Waals surface area contributed by atoms with E-state index in [0.29, 0.717) is 19.4 Å². The molecular weight excluding hydrogens is 422 g/mol. The first-order chi connectivity index (χ1) is 14.8. The molecule has 0 aliphatic rings. The molecule has 0 aromatic heterocycles. The van der Waals surface area contributed by atoms with E-state index in [9.17, 15) is 22.4 Å². The van der Waals surface area contributed by atoms with Crippen molar-refractivity contribution in [3.05, 3.63) is 64.5 Å². The van der Waals surface area contributed by atoms with Crippen LogP contribution in [0.4, 0.5) is 17.6 Å². The number of carbonyl (C=O) groups is 1. The fraction of sp³-hybridized carbons (Fsp3) is 0.480. The standard InChI is InChI=1S/C25H31F4NO2/c1-16-7-8-17(2)22(13-16)32-12-6-11-24(3,4)15-20(25(27,28)29)18-9-10-19(21(26)14-18)23(31)30-5/h7-10,13-14,20H,6,11-12,15H2,1-5H3,(H,30,31). The number of aryl methyl sites for hydroxylation is 2. The van der Waals surface area contributed by atoms with Gasteiger partial charge in [0.25, 0.3) is 5.91 Å². The Bertz CT molecular complexity index is 938. The summed E-state index contributed by atoms with van der Waals surface area (Å²) in [6.07, 6.45) is -3.62. The lowest BCUT2D eigenvalue weighted by Gasteiger charge is -2.31. The highest BCUT2D eigenvalue weighted by atomic mass is 19.4. The summed E-state index contributed by atoms with van der Waals surface area (Å²) in [6, 6.07) is 9.02. The highest BCUT2D eigenvalue weighted by Crippen LogP contribution is 2.44. The predicted molar refractivity (Wildman–Crippen MR) is 118 cm³/mol. The molecule has 176 valence electrons. The van der Waals surface area contributed by atoms with Gasteiger partial charge in [0.2, 0.25) is 0 Å². The number of hydrogen-bond acceptors (Lipinski definition) is 2. The number of carbonyl (C=O) groups excluding carboxylic acids is 1. The molecule has 0 heterocycles. The summed E-state index contributed by atoms with van der Waals surface area (Å²) in [7, 11) is 1.33. The third kappa shape index (κ3) is 6.97. The molecule has 0 saturated carbocycles. The van der Waals surface area contributed by atoms with Crippen molar-refractivity contribution >= 4 is 5.91 Å². The van der Waals surface area contributed by atoms with Crippen molar-refractivity contribution in [2.75, 3.05) is 13.7 Å². The van der Waals surface area contributed by atoms with Crippen LogP contribution < -0.4 is 10.1 Å². The Balaban J connectivity index is 2.07. The number of ether oxygens (including phenoxy) is 1. The monoisotopic (exact) mass is 453 g/mol. The van der Waals surface area contributed by atoms with Gasteiger partial charge in [0.15, 0.2) is 0 Å². The van der Waals surface area contributed by atoms with E-state index in [-0.39, 0.29) is 17.5 Å². The molecule has 7 heteroatoms. The van der Waals surface area contributed by atoms with Crippen LogP contribution in [0, 0.1) is 25.1 Å².